The van der Waals surface area contributed by atoms with Crippen LogP contribution in [-0.4, -0.2) is 94.5 Å². The number of carbonyl (C=O) groups excluding carboxylic acids is 4. The Morgan fingerprint density at radius 1 is 0.897 bits per heavy atom. The molecule has 3 N–H and O–H groups in total. The predicted octanol–water partition coefficient (Wildman–Crippen LogP) is 1.70. The van der Waals surface area contributed by atoms with E-state index in [0.717, 1.165) is 30.0 Å². The van der Waals surface area contributed by atoms with Crippen molar-refractivity contribution in [1.82, 2.24) is 20.3 Å². The Hall–Kier alpha value is -3.70. The number of carbonyl (C=O) groups is 5. The van der Waals surface area contributed by atoms with Crippen LogP contribution >= 0.6 is 35.7 Å². The molecule has 1 amide bonds. The van der Waals surface area contributed by atoms with E-state index in [9.17, 15) is 24.0 Å². The molecular weight excluding hydrogens is 576 g/mol. The third-order valence-electron chi connectivity index (χ3n) is 4.11. The van der Waals surface area contributed by atoms with E-state index < -0.39 is 61.8 Å². The molecule has 1 aromatic rings. The Labute approximate surface area is 236 Å². The van der Waals surface area contributed by atoms with Gasteiger partial charge in [0.1, 0.15) is 31.8 Å². The summed E-state index contributed by atoms with van der Waals surface area (Å²) in [5.41, 5.74) is -1.46. The smallest absolute Gasteiger partial charge is 0.407 e. The second-order valence-electron chi connectivity index (χ2n) is 7.21. The van der Waals surface area contributed by atoms with Crippen LogP contribution in [0.1, 0.15) is 0 Å². The number of hydrogen-bond donors (Lipinski definition) is 3. The van der Waals surface area contributed by atoms with Crippen molar-refractivity contribution in [2.75, 3.05) is 44.5 Å². The number of aromatic amines is 1. The molecule has 0 radical (unpaired) electrons. The minimum absolute atomic E-state index is 0.112. The quantitative estimate of drug-likeness (QED) is 0.0548. The van der Waals surface area contributed by atoms with Crippen LogP contribution in [0, 0.1) is 10.2 Å². The van der Waals surface area contributed by atoms with E-state index >= 15 is 0 Å². The van der Waals surface area contributed by atoms with Crippen LogP contribution in [0.5, 0.6) is 0 Å². The van der Waals surface area contributed by atoms with Gasteiger partial charge >= 0.3 is 30.0 Å². The fourth-order valence-corrected chi connectivity index (χ4v) is 3.92. The van der Waals surface area contributed by atoms with Gasteiger partial charge in [-0.2, -0.15) is 9.97 Å². The lowest BCUT2D eigenvalue weighted by molar-refractivity contribution is -0.159. The molecule has 0 aliphatic carbocycles. The lowest BCUT2D eigenvalue weighted by Gasteiger charge is -2.31. The summed E-state index contributed by atoms with van der Waals surface area (Å²) in [7, 11) is 0. The second kappa shape index (κ2) is 17.7. The minimum atomic E-state index is -1.46. The maximum atomic E-state index is 12.3. The fourth-order valence-electron chi connectivity index (χ4n) is 2.28. The maximum Gasteiger partial charge on any atom is 0.407 e. The lowest BCUT2D eigenvalue weighted by atomic mass is 9.92. The van der Waals surface area contributed by atoms with Crippen LogP contribution in [0.4, 0.5) is 4.79 Å². The zero-order chi connectivity index (χ0) is 29.3. The maximum absolute atomic E-state index is 12.3. The van der Waals surface area contributed by atoms with Crippen molar-refractivity contribution in [1.29, 1.82) is 0 Å². The zero-order valence-corrected chi connectivity index (χ0v) is 23.0. The average molecular weight is 603 g/mol. The summed E-state index contributed by atoms with van der Waals surface area (Å²) in [6.45, 7) is 8.14. The highest BCUT2D eigenvalue weighted by atomic mass is 32.2. The molecule has 0 aliphatic rings. The summed E-state index contributed by atoms with van der Waals surface area (Å²) >= 11 is 7.11. The first kappa shape index (κ1) is 33.3. The summed E-state index contributed by atoms with van der Waals surface area (Å²) in [6.07, 6.45) is 1.84. The number of carboxylic acids is 1. The highest BCUT2D eigenvalue weighted by Crippen LogP contribution is 2.22. The number of amides is 1. The molecule has 17 heteroatoms. The molecule has 14 nitrogen and oxygen atoms in total. The molecule has 0 atom stereocenters. The number of nitrogens with zero attached hydrogens (tertiary/aromatic N) is 2. The number of nitrogens with one attached hydrogen (secondary N) is 2. The highest BCUT2D eigenvalue weighted by Gasteiger charge is 2.37. The third kappa shape index (κ3) is 14.1. The molecule has 39 heavy (non-hydrogen) atoms. The standard InChI is InChI=1S/C22H26N4O10S3/c1-4-15(29)33-10-22(11-34-16(30)5-2,12-35-17(31)6-3)13-36-21(32)23-7-8-38-19-24-18(37)25-20(26-19)39-9-14(27)28/h4-6H,1-3,7-13H2,(H,23,32)(H,27,28)(H,24,25,26,37). The van der Waals surface area contributed by atoms with Crippen molar-refractivity contribution < 1.29 is 48.0 Å². The highest BCUT2D eigenvalue weighted by molar-refractivity contribution is 8.00. The first-order valence-corrected chi connectivity index (χ1v) is 13.1. The first-order chi connectivity index (χ1) is 18.5. The van der Waals surface area contributed by atoms with E-state index in [1.54, 1.807) is 0 Å². The number of aliphatic carboxylic acids is 1. The number of thioether (sulfide) groups is 2. The Kier molecular flexibility index (Phi) is 15.2. The molecule has 0 fully saturated rings. The zero-order valence-electron chi connectivity index (χ0n) is 20.5. The van der Waals surface area contributed by atoms with E-state index in [-0.39, 0.29) is 22.2 Å². The van der Waals surface area contributed by atoms with Crippen molar-refractivity contribution in [2.24, 2.45) is 5.41 Å². The van der Waals surface area contributed by atoms with E-state index in [4.69, 9.17) is 36.3 Å². The van der Waals surface area contributed by atoms with Crippen LogP contribution < -0.4 is 5.32 Å². The number of carboxylic acid groups (broad SMARTS) is 1. The van der Waals surface area contributed by atoms with Gasteiger partial charge in [0.05, 0.1) is 5.75 Å². The molecular formula is C22H26N4O10S3. The van der Waals surface area contributed by atoms with E-state index in [1.807, 2.05) is 0 Å². The van der Waals surface area contributed by atoms with Gasteiger partial charge in [0.2, 0.25) is 4.77 Å². The number of aromatic nitrogens is 3. The summed E-state index contributed by atoms with van der Waals surface area (Å²) in [5, 5.41) is 11.9. The number of rotatable bonds is 18. The molecule has 0 unspecified atom stereocenters. The number of esters is 3. The SMILES string of the molecule is C=CC(=O)OCC(COC(=O)C=C)(COC(=O)C=C)COC(=O)NCCSc1nc(SCC(=O)O)nc(=S)[nH]1. The fraction of sp³-hybridized carbons (Fsp3) is 0.364. The largest absolute Gasteiger partial charge is 0.481 e. The Balaban J connectivity index is 2.77. The van der Waals surface area contributed by atoms with Gasteiger partial charge in [-0.05, 0) is 12.2 Å². The Bertz CT molecular complexity index is 1080. The van der Waals surface area contributed by atoms with Crippen molar-refractivity contribution in [3.05, 3.63) is 42.7 Å². The van der Waals surface area contributed by atoms with Crippen LogP contribution in [0.15, 0.2) is 48.3 Å². The van der Waals surface area contributed by atoms with Crippen LogP contribution in [0.2, 0.25) is 0 Å². The summed E-state index contributed by atoms with van der Waals surface area (Å²) in [4.78, 5) is 68.8. The molecule has 0 bridgehead atoms. The Morgan fingerprint density at radius 3 is 1.90 bits per heavy atom. The van der Waals surface area contributed by atoms with Crippen LogP contribution in [0.3, 0.4) is 0 Å². The van der Waals surface area contributed by atoms with Crippen LogP contribution in [-0.2, 0) is 38.1 Å². The molecule has 1 heterocycles. The molecule has 0 aliphatic heterocycles. The van der Waals surface area contributed by atoms with Crippen molar-refractivity contribution in [2.45, 2.75) is 10.3 Å². The molecule has 0 saturated heterocycles. The minimum Gasteiger partial charge on any atom is -0.481 e. The van der Waals surface area contributed by atoms with Gasteiger partial charge < -0.3 is 34.4 Å². The number of ether oxygens (including phenoxy) is 4. The Morgan fingerprint density at radius 2 is 1.41 bits per heavy atom. The van der Waals surface area contributed by atoms with Gasteiger partial charge in [0.25, 0.3) is 0 Å². The van der Waals surface area contributed by atoms with Gasteiger partial charge in [-0.1, -0.05) is 43.3 Å². The normalized spacial score (nSPS) is 10.5. The summed E-state index contributed by atoms with van der Waals surface area (Å²) in [6, 6.07) is 0. The molecule has 0 spiro atoms. The summed E-state index contributed by atoms with van der Waals surface area (Å²) < 4.78 is 20.5. The second-order valence-corrected chi connectivity index (χ2v) is 9.62. The first-order valence-electron chi connectivity index (χ1n) is 10.8. The van der Waals surface area contributed by atoms with Gasteiger partial charge in [0, 0.05) is 30.5 Å². The van der Waals surface area contributed by atoms with Gasteiger partial charge in [-0.25, -0.2) is 19.2 Å². The monoisotopic (exact) mass is 602 g/mol. The molecule has 1 rings (SSSR count). The summed E-state index contributed by atoms with van der Waals surface area (Å²) in [5.74, 6) is -3.36. The van der Waals surface area contributed by atoms with E-state index in [2.05, 4.69) is 40.0 Å². The molecule has 212 valence electrons. The van der Waals surface area contributed by atoms with Crippen molar-refractivity contribution in [3.63, 3.8) is 0 Å². The number of H-pyrrole nitrogens is 1. The van der Waals surface area contributed by atoms with Gasteiger partial charge in [-0.15, -0.1) is 0 Å². The van der Waals surface area contributed by atoms with E-state index in [0.29, 0.717) is 10.9 Å². The van der Waals surface area contributed by atoms with Crippen molar-refractivity contribution >= 4 is 65.7 Å². The molecule has 0 saturated carbocycles. The average Bonchev–Trinajstić information content (AvgIpc) is 2.92. The van der Waals surface area contributed by atoms with Crippen LogP contribution in [0.25, 0.3) is 0 Å². The number of hydrogen-bond acceptors (Lipinski definition) is 14. The predicted molar refractivity (Wildman–Crippen MR) is 142 cm³/mol. The van der Waals surface area contributed by atoms with Gasteiger partial charge in [-0.3, -0.25) is 4.79 Å². The molecule has 1 aromatic heterocycles. The number of alkyl carbamates (subject to hydrolysis) is 1. The van der Waals surface area contributed by atoms with Gasteiger partial charge in [0.15, 0.2) is 10.3 Å². The van der Waals surface area contributed by atoms with Crippen molar-refractivity contribution in [3.8, 4) is 0 Å². The topological polar surface area (TPSA) is 196 Å². The lowest BCUT2D eigenvalue weighted by Crippen LogP contribution is -2.44. The van der Waals surface area contributed by atoms with E-state index in [1.165, 1.54) is 11.8 Å². The molecule has 0 aromatic carbocycles. The third-order valence-corrected chi connectivity index (χ3v) is 6.01.